The van der Waals surface area contributed by atoms with Crippen LogP contribution in [0, 0.1) is 5.82 Å². The summed E-state index contributed by atoms with van der Waals surface area (Å²) in [5, 5.41) is 27.5. The highest BCUT2D eigenvalue weighted by Crippen LogP contribution is 2.55. The van der Waals surface area contributed by atoms with Crippen LogP contribution in [0.25, 0.3) is 10.8 Å². The van der Waals surface area contributed by atoms with Gasteiger partial charge in [-0.1, -0.05) is 50.2 Å². The van der Waals surface area contributed by atoms with E-state index in [2.05, 4.69) is 10.6 Å². The van der Waals surface area contributed by atoms with Crippen molar-refractivity contribution in [2.75, 3.05) is 5.32 Å². The second-order valence-electron chi connectivity index (χ2n) is 8.94. The fourth-order valence-corrected chi connectivity index (χ4v) is 4.68. The highest BCUT2D eigenvalue weighted by atomic mass is 19.4. The van der Waals surface area contributed by atoms with Crippen molar-refractivity contribution in [3.05, 3.63) is 71.5 Å². The molecule has 4 N–H and O–H groups in total. The highest BCUT2D eigenvalue weighted by molar-refractivity contribution is 5.93. The van der Waals surface area contributed by atoms with Crippen LogP contribution in [0.4, 0.5) is 28.0 Å². The van der Waals surface area contributed by atoms with Crippen molar-refractivity contribution in [1.82, 2.24) is 5.32 Å². The Balaban J connectivity index is 1.73. The van der Waals surface area contributed by atoms with Gasteiger partial charge in [0.2, 0.25) is 0 Å². The second-order valence-corrected chi connectivity index (χ2v) is 8.94. The van der Waals surface area contributed by atoms with Crippen LogP contribution in [0.5, 0.6) is 5.75 Å². The predicted octanol–water partition coefficient (Wildman–Crippen LogP) is 5.52. The van der Waals surface area contributed by atoms with Crippen LogP contribution in [0.15, 0.2) is 54.6 Å². The van der Waals surface area contributed by atoms with Crippen molar-refractivity contribution >= 4 is 22.5 Å². The highest BCUT2D eigenvalue weighted by Gasteiger charge is 2.64. The van der Waals surface area contributed by atoms with E-state index in [0.29, 0.717) is 5.69 Å². The Kier molecular flexibility index (Phi) is 5.28. The zero-order valence-electron chi connectivity index (χ0n) is 17.8. The lowest BCUT2D eigenvalue weighted by Crippen LogP contribution is -2.61. The maximum Gasteiger partial charge on any atom is 0.419 e. The number of hydrogen-bond donors (Lipinski definition) is 4. The molecule has 2 atom stereocenters. The van der Waals surface area contributed by atoms with Gasteiger partial charge in [-0.2, -0.15) is 13.2 Å². The van der Waals surface area contributed by atoms with Gasteiger partial charge in [0.25, 0.3) is 0 Å². The maximum atomic E-state index is 14.1. The van der Waals surface area contributed by atoms with Crippen LogP contribution in [0.1, 0.15) is 37.4 Å². The first kappa shape index (κ1) is 22.8. The lowest BCUT2D eigenvalue weighted by atomic mass is 9.63. The van der Waals surface area contributed by atoms with Crippen LogP contribution in [-0.4, -0.2) is 28.0 Å². The number of carbonyl (C=O) groups is 1. The van der Waals surface area contributed by atoms with E-state index < -0.39 is 47.3 Å². The Bertz CT molecular complexity index is 1240. The fraction of sp³-hybridized carbons (Fsp3) is 0.292. The van der Waals surface area contributed by atoms with Crippen LogP contribution in [0.3, 0.4) is 0 Å². The number of nitrogens with one attached hydrogen (secondary N) is 2. The van der Waals surface area contributed by atoms with Crippen molar-refractivity contribution in [2.24, 2.45) is 0 Å². The van der Waals surface area contributed by atoms with Gasteiger partial charge in [-0.25, -0.2) is 9.18 Å². The topological polar surface area (TPSA) is 81.6 Å². The Morgan fingerprint density at radius 3 is 2.39 bits per heavy atom. The van der Waals surface area contributed by atoms with Crippen molar-refractivity contribution < 1.29 is 32.6 Å². The summed E-state index contributed by atoms with van der Waals surface area (Å²) in [6.45, 7) is 2.74. The second kappa shape index (κ2) is 7.62. The zero-order valence-corrected chi connectivity index (χ0v) is 17.8. The molecule has 9 heteroatoms. The summed E-state index contributed by atoms with van der Waals surface area (Å²) in [5.41, 5.74) is -4.75. The summed E-state index contributed by atoms with van der Waals surface area (Å²) < 4.78 is 56.3. The number of carbonyl (C=O) groups excluding carboxylic acids is 1. The molecule has 0 aromatic heterocycles. The monoisotopic (exact) mass is 462 g/mol. The number of anilines is 1. The molecule has 0 saturated heterocycles. The van der Waals surface area contributed by atoms with Crippen molar-refractivity contribution in [3.8, 4) is 5.75 Å². The molecule has 0 radical (unpaired) electrons. The molecule has 5 nitrogen and oxygen atoms in total. The molecule has 174 valence electrons. The van der Waals surface area contributed by atoms with Gasteiger partial charge in [0.15, 0.2) is 17.2 Å². The fourth-order valence-electron chi connectivity index (χ4n) is 4.68. The van der Waals surface area contributed by atoms with Crippen LogP contribution in [-0.2, 0) is 5.41 Å². The average molecular weight is 462 g/mol. The minimum absolute atomic E-state index is 0.0903. The first-order valence-electron chi connectivity index (χ1n) is 10.2. The molecule has 33 heavy (non-hydrogen) atoms. The number of halogens is 4. The van der Waals surface area contributed by atoms with Crippen LogP contribution in [0.2, 0.25) is 0 Å². The van der Waals surface area contributed by atoms with Crippen LogP contribution < -0.4 is 10.6 Å². The van der Waals surface area contributed by atoms with E-state index >= 15 is 0 Å². The first-order chi connectivity index (χ1) is 15.3. The van der Waals surface area contributed by atoms with Gasteiger partial charge < -0.3 is 20.8 Å². The van der Waals surface area contributed by atoms with E-state index in [1.807, 2.05) is 24.3 Å². The van der Waals surface area contributed by atoms with E-state index in [9.17, 15) is 32.6 Å². The number of urea groups is 1. The molecule has 4 rings (SSSR count). The smallest absolute Gasteiger partial charge is 0.419 e. The lowest BCUT2D eigenvalue weighted by molar-refractivity contribution is -0.280. The van der Waals surface area contributed by atoms with Crippen molar-refractivity contribution in [3.63, 3.8) is 0 Å². The molecule has 0 fully saturated rings. The molecule has 1 aliphatic rings. The number of hydrogen-bond acceptors (Lipinski definition) is 3. The van der Waals surface area contributed by atoms with Gasteiger partial charge in [-0.05, 0) is 46.4 Å². The molecule has 1 aliphatic carbocycles. The number of aliphatic hydroxyl groups is 1. The number of fused-ring (bicyclic) bond motifs is 2. The van der Waals surface area contributed by atoms with E-state index in [4.69, 9.17) is 0 Å². The van der Waals surface area contributed by atoms with Gasteiger partial charge in [-0.3, -0.25) is 0 Å². The molecule has 0 spiro atoms. The number of amides is 2. The number of benzene rings is 3. The molecule has 2 amide bonds. The Labute approximate surface area is 187 Å². The summed E-state index contributed by atoms with van der Waals surface area (Å²) in [6, 6.07) is 11.2. The number of rotatable bonds is 2. The third kappa shape index (κ3) is 3.86. The largest absolute Gasteiger partial charge is 0.505 e. The van der Waals surface area contributed by atoms with E-state index in [-0.39, 0.29) is 11.1 Å². The van der Waals surface area contributed by atoms with Gasteiger partial charge >= 0.3 is 12.2 Å². The maximum absolute atomic E-state index is 14.1. The quantitative estimate of drug-likeness (QED) is 0.379. The number of alkyl halides is 3. The van der Waals surface area contributed by atoms with Crippen LogP contribution >= 0.6 is 0 Å². The minimum atomic E-state index is -5.12. The molecular weight excluding hydrogens is 440 g/mol. The third-order valence-corrected chi connectivity index (χ3v) is 6.11. The normalized spacial score (nSPS) is 22.0. The molecule has 0 unspecified atom stereocenters. The molecule has 3 aromatic rings. The van der Waals surface area contributed by atoms with E-state index in [1.165, 1.54) is 13.8 Å². The molecule has 0 aliphatic heterocycles. The zero-order chi connectivity index (χ0) is 24.2. The summed E-state index contributed by atoms with van der Waals surface area (Å²) in [6.07, 6.45) is -6.01. The molecule has 0 saturated carbocycles. The van der Waals surface area contributed by atoms with Gasteiger partial charge in [0.05, 0.1) is 6.04 Å². The van der Waals surface area contributed by atoms with E-state index in [0.717, 1.165) is 22.9 Å². The summed E-state index contributed by atoms with van der Waals surface area (Å²) >= 11 is 0. The molecule has 3 aromatic carbocycles. The average Bonchev–Trinajstić information content (AvgIpc) is 2.72. The number of phenolic OH excluding ortho intramolecular Hbond substituents is 1. The van der Waals surface area contributed by atoms with Gasteiger partial charge in [0.1, 0.15) is 0 Å². The predicted molar refractivity (Wildman–Crippen MR) is 116 cm³/mol. The Hall–Kier alpha value is -3.33. The molecular formula is C24H22F4N2O3. The summed E-state index contributed by atoms with van der Waals surface area (Å²) in [7, 11) is 0. The van der Waals surface area contributed by atoms with E-state index in [1.54, 1.807) is 18.2 Å². The molecule has 0 heterocycles. The van der Waals surface area contributed by atoms with Crippen molar-refractivity contribution in [2.45, 2.75) is 43.5 Å². The lowest BCUT2D eigenvalue weighted by Gasteiger charge is -2.48. The number of aromatic hydroxyl groups is 1. The standard InChI is InChI=1S/C24H22F4N2O3/c1-22(2)12-23(33,24(26,27)28)20(16-9-10-17(25)19(31)18(16)22)30-21(32)29-15-8-7-13-5-3-4-6-14(13)11-15/h3-11,20,31,33H,12H2,1-2H3,(H2,29,30,32)/t20-,23+/m0/s1. The van der Waals surface area contributed by atoms with Crippen molar-refractivity contribution in [1.29, 1.82) is 0 Å². The van der Waals surface area contributed by atoms with Gasteiger partial charge in [0, 0.05) is 11.3 Å². The Morgan fingerprint density at radius 2 is 1.73 bits per heavy atom. The minimum Gasteiger partial charge on any atom is -0.505 e. The summed E-state index contributed by atoms with van der Waals surface area (Å²) in [4.78, 5) is 12.7. The first-order valence-corrected chi connectivity index (χ1v) is 10.2. The SMILES string of the molecule is CC1(C)C[C@](O)(C(F)(F)F)[C@@H](NC(=O)Nc2ccc3ccccc3c2)c2ccc(F)c(O)c21. The number of phenols is 1. The Morgan fingerprint density at radius 1 is 1.06 bits per heavy atom. The third-order valence-electron chi connectivity index (χ3n) is 6.11. The summed E-state index contributed by atoms with van der Waals surface area (Å²) in [5.74, 6) is -1.80. The molecule has 0 bridgehead atoms. The van der Waals surface area contributed by atoms with Gasteiger partial charge in [-0.15, -0.1) is 0 Å².